The van der Waals surface area contributed by atoms with E-state index in [1.165, 1.54) is 19.3 Å². The maximum Gasteiger partial charge on any atom is 0.191 e. The van der Waals surface area contributed by atoms with E-state index in [4.69, 9.17) is 0 Å². The zero-order chi connectivity index (χ0) is 11.8. The number of aliphatic imine (C=N–C) groups is 1. The molecule has 2 unspecified atom stereocenters. The predicted molar refractivity (Wildman–Crippen MR) is 89.8 cm³/mol. The average Bonchev–Trinajstić information content (AvgIpc) is 2.74. The molecule has 0 amide bonds. The molecular formula is C12H26IN3S. The first-order valence-electron chi connectivity index (χ1n) is 6.37. The molecule has 1 aliphatic rings. The molecule has 102 valence electrons. The van der Waals surface area contributed by atoms with E-state index in [1.807, 2.05) is 11.8 Å². The summed E-state index contributed by atoms with van der Waals surface area (Å²) in [6, 6.07) is 0.618. The van der Waals surface area contributed by atoms with Crippen molar-refractivity contribution < 1.29 is 0 Å². The van der Waals surface area contributed by atoms with Gasteiger partial charge in [-0.2, -0.15) is 11.8 Å². The molecule has 2 N–H and O–H groups in total. The second-order valence-electron chi connectivity index (χ2n) is 4.27. The lowest BCUT2D eigenvalue weighted by molar-refractivity contribution is 0.615. The Labute approximate surface area is 127 Å². The fourth-order valence-corrected chi connectivity index (χ4v) is 2.82. The molecule has 0 spiro atoms. The van der Waals surface area contributed by atoms with Gasteiger partial charge in [-0.25, -0.2) is 0 Å². The van der Waals surface area contributed by atoms with Gasteiger partial charge in [-0.05, 0) is 38.9 Å². The Morgan fingerprint density at radius 1 is 1.35 bits per heavy atom. The Morgan fingerprint density at radius 3 is 2.65 bits per heavy atom. The Balaban J connectivity index is 0.00000256. The topological polar surface area (TPSA) is 36.4 Å². The summed E-state index contributed by atoms with van der Waals surface area (Å²) in [6.45, 7) is 6.12. The van der Waals surface area contributed by atoms with Crippen LogP contribution in [0.15, 0.2) is 4.99 Å². The van der Waals surface area contributed by atoms with E-state index in [9.17, 15) is 0 Å². The van der Waals surface area contributed by atoms with Crippen molar-refractivity contribution in [1.82, 2.24) is 10.6 Å². The van der Waals surface area contributed by atoms with Gasteiger partial charge in [0.05, 0.1) is 0 Å². The molecule has 1 saturated carbocycles. The van der Waals surface area contributed by atoms with Crippen LogP contribution in [0.25, 0.3) is 0 Å². The normalized spacial score (nSPS) is 24.3. The lowest BCUT2D eigenvalue weighted by Gasteiger charge is -2.17. The molecule has 0 radical (unpaired) electrons. The molecule has 0 heterocycles. The van der Waals surface area contributed by atoms with Crippen LogP contribution in [0.2, 0.25) is 0 Å². The van der Waals surface area contributed by atoms with E-state index in [2.05, 4.69) is 35.7 Å². The highest BCUT2D eigenvalue weighted by Crippen LogP contribution is 2.27. The van der Waals surface area contributed by atoms with Crippen LogP contribution in [0.1, 0.15) is 39.5 Å². The van der Waals surface area contributed by atoms with Gasteiger partial charge in [-0.3, -0.25) is 4.99 Å². The van der Waals surface area contributed by atoms with Gasteiger partial charge >= 0.3 is 0 Å². The van der Waals surface area contributed by atoms with Crippen LogP contribution in [0, 0.1) is 0 Å². The third kappa shape index (κ3) is 6.74. The smallest absolute Gasteiger partial charge is 0.191 e. The summed E-state index contributed by atoms with van der Waals surface area (Å²) >= 11 is 1.99. The van der Waals surface area contributed by atoms with Crippen molar-refractivity contribution in [3.8, 4) is 0 Å². The monoisotopic (exact) mass is 371 g/mol. The van der Waals surface area contributed by atoms with Gasteiger partial charge in [0.2, 0.25) is 0 Å². The van der Waals surface area contributed by atoms with Gasteiger partial charge in [-0.1, -0.05) is 6.92 Å². The third-order valence-electron chi connectivity index (χ3n) is 2.90. The Morgan fingerprint density at radius 2 is 2.12 bits per heavy atom. The van der Waals surface area contributed by atoms with E-state index in [-0.39, 0.29) is 24.0 Å². The SMILES string of the molecule is CCCN=C(NCC)NC1CCC(SC)C1.I. The fourth-order valence-electron chi connectivity index (χ4n) is 2.02. The summed E-state index contributed by atoms with van der Waals surface area (Å²) in [6.07, 6.45) is 7.21. The van der Waals surface area contributed by atoms with Crippen molar-refractivity contribution >= 4 is 41.7 Å². The maximum absolute atomic E-state index is 4.53. The number of nitrogens with one attached hydrogen (secondary N) is 2. The van der Waals surface area contributed by atoms with Crippen molar-refractivity contribution in [1.29, 1.82) is 0 Å². The summed E-state index contributed by atoms with van der Waals surface area (Å²) in [5.41, 5.74) is 0. The highest BCUT2D eigenvalue weighted by atomic mass is 127. The van der Waals surface area contributed by atoms with Crippen molar-refractivity contribution in [2.24, 2.45) is 4.99 Å². The van der Waals surface area contributed by atoms with Crippen molar-refractivity contribution in [2.75, 3.05) is 19.3 Å². The van der Waals surface area contributed by atoms with Crippen LogP contribution in [0.3, 0.4) is 0 Å². The zero-order valence-corrected chi connectivity index (χ0v) is 14.3. The first kappa shape index (κ1) is 17.4. The van der Waals surface area contributed by atoms with E-state index < -0.39 is 0 Å². The molecule has 5 heteroatoms. The molecule has 1 rings (SSSR count). The lowest BCUT2D eigenvalue weighted by atomic mass is 10.2. The van der Waals surface area contributed by atoms with Crippen LogP contribution in [-0.2, 0) is 0 Å². The quantitative estimate of drug-likeness (QED) is 0.443. The number of rotatable bonds is 5. The van der Waals surface area contributed by atoms with E-state index in [0.717, 1.165) is 30.7 Å². The number of nitrogens with zero attached hydrogens (tertiary/aromatic N) is 1. The molecular weight excluding hydrogens is 345 g/mol. The Hall–Kier alpha value is 0.350. The molecule has 0 aromatic rings. The number of thioether (sulfide) groups is 1. The summed E-state index contributed by atoms with van der Waals surface area (Å²) in [7, 11) is 0. The standard InChI is InChI=1S/C12H25N3S.HI/c1-4-8-14-12(13-5-2)15-10-6-7-11(9-10)16-3;/h10-11H,4-9H2,1-3H3,(H2,13,14,15);1H. The maximum atomic E-state index is 4.53. The molecule has 1 fully saturated rings. The van der Waals surface area contributed by atoms with E-state index in [1.54, 1.807) is 0 Å². The van der Waals surface area contributed by atoms with Crippen LogP contribution >= 0.6 is 35.7 Å². The molecule has 0 aliphatic heterocycles. The summed E-state index contributed by atoms with van der Waals surface area (Å²) in [4.78, 5) is 4.53. The molecule has 1 aliphatic carbocycles. The molecule has 2 atom stereocenters. The molecule has 3 nitrogen and oxygen atoms in total. The van der Waals surface area contributed by atoms with Gasteiger partial charge in [0.25, 0.3) is 0 Å². The zero-order valence-electron chi connectivity index (χ0n) is 11.2. The second-order valence-corrected chi connectivity index (χ2v) is 5.41. The first-order chi connectivity index (χ1) is 7.80. The van der Waals surface area contributed by atoms with Crippen LogP contribution in [-0.4, -0.2) is 36.6 Å². The lowest BCUT2D eigenvalue weighted by Crippen LogP contribution is -2.42. The molecule has 0 bridgehead atoms. The third-order valence-corrected chi connectivity index (χ3v) is 3.99. The van der Waals surface area contributed by atoms with Gasteiger partial charge in [-0.15, -0.1) is 24.0 Å². The second kappa shape index (κ2) is 10.3. The number of guanidine groups is 1. The van der Waals surface area contributed by atoms with Gasteiger partial charge in [0, 0.05) is 24.4 Å². The van der Waals surface area contributed by atoms with Crippen LogP contribution in [0.5, 0.6) is 0 Å². The average molecular weight is 371 g/mol. The Kier molecular flexibility index (Phi) is 10.5. The summed E-state index contributed by atoms with van der Waals surface area (Å²) in [5.74, 6) is 0.996. The van der Waals surface area contributed by atoms with Crippen molar-refractivity contribution in [3.05, 3.63) is 0 Å². The predicted octanol–water partition coefficient (Wildman–Crippen LogP) is 2.85. The Bertz CT molecular complexity index is 224. The minimum atomic E-state index is 0. The van der Waals surface area contributed by atoms with Gasteiger partial charge < -0.3 is 10.6 Å². The fraction of sp³-hybridized carbons (Fsp3) is 0.917. The van der Waals surface area contributed by atoms with Crippen molar-refractivity contribution in [3.63, 3.8) is 0 Å². The van der Waals surface area contributed by atoms with Gasteiger partial charge in [0.1, 0.15) is 0 Å². The molecule has 0 aromatic heterocycles. The van der Waals surface area contributed by atoms with Crippen LogP contribution in [0.4, 0.5) is 0 Å². The number of hydrogen-bond donors (Lipinski definition) is 2. The summed E-state index contributed by atoms with van der Waals surface area (Å²) in [5, 5.41) is 7.69. The van der Waals surface area contributed by atoms with E-state index >= 15 is 0 Å². The van der Waals surface area contributed by atoms with Crippen LogP contribution < -0.4 is 10.6 Å². The first-order valence-corrected chi connectivity index (χ1v) is 7.66. The largest absolute Gasteiger partial charge is 0.357 e. The number of halogens is 1. The summed E-state index contributed by atoms with van der Waals surface area (Å²) < 4.78 is 0. The van der Waals surface area contributed by atoms with E-state index in [0.29, 0.717) is 6.04 Å². The molecule has 0 saturated heterocycles. The minimum absolute atomic E-state index is 0. The highest BCUT2D eigenvalue weighted by Gasteiger charge is 2.24. The van der Waals surface area contributed by atoms with Crippen molar-refractivity contribution in [2.45, 2.75) is 50.8 Å². The van der Waals surface area contributed by atoms with Gasteiger partial charge in [0.15, 0.2) is 5.96 Å². The minimum Gasteiger partial charge on any atom is -0.357 e. The number of hydrogen-bond acceptors (Lipinski definition) is 2. The molecule has 0 aromatic carbocycles. The molecule has 17 heavy (non-hydrogen) atoms. The highest BCUT2D eigenvalue weighted by molar-refractivity contribution is 14.0.